The van der Waals surface area contributed by atoms with Crippen molar-refractivity contribution in [2.24, 2.45) is 11.8 Å². The van der Waals surface area contributed by atoms with E-state index in [1.54, 1.807) is 6.07 Å². The van der Waals surface area contributed by atoms with E-state index >= 15 is 0 Å². The highest BCUT2D eigenvalue weighted by molar-refractivity contribution is 9.10. The van der Waals surface area contributed by atoms with Crippen molar-refractivity contribution < 1.29 is 12.8 Å². The first-order valence-corrected chi connectivity index (χ1v) is 9.26. The van der Waals surface area contributed by atoms with E-state index < -0.39 is 9.84 Å². The van der Waals surface area contributed by atoms with E-state index in [0.717, 1.165) is 5.56 Å². The van der Waals surface area contributed by atoms with Crippen LogP contribution in [0, 0.1) is 17.7 Å². The lowest BCUT2D eigenvalue weighted by Gasteiger charge is -2.20. The third-order valence-corrected chi connectivity index (χ3v) is 6.56. The molecule has 2 unspecified atom stereocenters. The zero-order valence-corrected chi connectivity index (χ0v) is 13.4. The average molecular weight is 370 g/mol. The Bertz CT molecular complexity index is 562. The van der Waals surface area contributed by atoms with Crippen LogP contribution >= 0.6 is 27.5 Å². The molecular weight excluding hydrogens is 355 g/mol. The van der Waals surface area contributed by atoms with Gasteiger partial charge in [0.25, 0.3) is 0 Å². The van der Waals surface area contributed by atoms with E-state index in [0.29, 0.717) is 23.2 Å². The summed E-state index contributed by atoms with van der Waals surface area (Å²) >= 11 is 9.32. The van der Waals surface area contributed by atoms with E-state index in [2.05, 4.69) is 15.9 Å². The summed E-state index contributed by atoms with van der Waals surface area (Å²) in [6.07, 6.45) is 1.35. The summed E-state index contributed by atoms with van der Waals surface area (Å²) in [5, 5.41) is 0. The SMILES string of the molecule is O=S1(=O)CCC(C(CCl)Cc2ccc(F)cc2Br)C1. The molecule has 1 saturated heterocycles. The van der Waals surface area contributed by atoms with Gasteiger partial charge in [-0.05, 0) is 42.4 Å². The maximum absolute atomic E-state index is 13.0. The van der Waals surface area contributed by atoms with E-state index in [4.69, 9.17) is 11.6 Å². The summed E-state index contributed by atoms with van der Waals surface area (Å²) in [5.74, 6) is 0.838. The van der Waals surface area contributed by atoms with Crippen molar-refractivity contribution in [1.82, 2.24) is 0 Å². The van der Waals surface area contributed by atoms with Gasteiger partial charge in [0, 0.05) is 10.4 Å². The van der Waals surface area contributed by atoms with Crippen molar-refractivity contribution in [2.75, 3.05) is 17.4 Å². The van der Waals surface area contributed by atoms with Crippen molar-refractivity contribution in [3.05, 3.63) is 34.1 Å². The minimum absolute atomic E-state index is 0.111. The largest absolute Gasteiger partial charge is 0.229 e. The number of benzene rings is 1. The minimum atomic E-state index is -2.89. The molecule has 0 bridgehead atoms. The summed E-state index contributed by atoms with van der Waals surface area (Å²) in [4.78, 5) is 0. The molecular formula is C13H15BrClFO2S. The highest BCUT2D eigenvalue weighted by Crippen LogP contribution is 2.31. The third kappa shape index (κ3) is 3.92. The molecule has 0 amide bonds. The first kappa shape index (κ1) is 15.3. The van der Waals surface area contributed by atoms with E-state index in [9.17, 15) is 12.8 Å². The molecule has 1 aromatic carbocycles. The summed E-state index contributed by atoms with van der Waals surface area (Å²) in [6.45, 7) is 0. The highest BCUT2D eigenvalue weighted by Gasteiger charge is 2.33. The highest BCUT2D eigenvalue weighted by atomic mass is 79.9. The fraction of sp³-hybridized carbons (Fsp3) is 0.538. The first-order chi connectivity index (χ1) is 8.91. The topological polar surface area (TPSA) is 34.1 Å². The molecule has 19 heavy (non-hydrogen) atoms. The Labute approximate surface area is 126 Å². The van der Waals surface area contributed by atoms with Crippen LogP contribution in [0.2, 0.25) is 0 Å². The molecule has 106 valence electrons. The predicted molar refractivity (Wildman–Crippen MR) is 78.8 cm³/mol. The molecule has 1 aliphatic heterocycles. The van der Waals surface area contributed by atoms with Gasteiger partial charge < -0.3 is 0 Å². The van der Waals surface area contributed by atoms with E-state index in [1.807, 2.05) is 0 Å². The number of hydrogen-bond donors (Lipinski definition) is 0. The standard InChI is InChI=1S/C13H15BrClFO2S/c14-13-6-12(16)2-1-9(13)5-11(7-15)10-3-4-19(17,18)8-10/h1-2,6,10-11H,3-5,7-8H2. The van der Waals surface area contributed by atoms with Gasteiger partial charge in [-0.2, -0.15) is 0 Å². The molecule has 0 aliphatic carbocycles. The van der Waals surface area contributed by atoms with Gasteiger partial charge in [-0.3, -0.25) is 0 Å². The molecule has 0 aromatic heterocycles. The molecule has 1 heterocycles. The third-order valence-electron chi connectivity index (χ3n) is 3.63. The number of hydrogen-bond acceptors (Lipinski definition) is 2. The number of rotatable bonds is 4. The van der Waals surface area contributed by atoms with Crippen LogP contribution in [0.4, 0.5) is 4.39 Å². The fourth-order valence-corrected chi connectivity index (χ4v) is 5.31. The van der Waals surface area contributed by atoms with E-state index in [-0.39, 0.29) is 29.2 Å². The Kier molecular flexibility index (Phi) is 4.90. The fourth-order valence-electron chi connectivity index (χ4n) is 2.51. The van der Waals surface area contributed by atoms with Crippen molar-refractivity contribution in [3.63, 3.8) is 0 Å². The Morgan fingerprint density at radius 3 is 2.74 bits per heavy atom. The zero-order valence-electron chi connectivity index (χ0n) is 10.3. The summed E-state index contributed by atoms with van der Waals surface area (Å²) in [7, 11) is -2.89. The Hall–Kier alpha value is -0.130. The lowest BCUT2D eigenvalue weighted by atomic mass is 9.88. The van der Waals surface area contributed by atoms with Gasteiger partial charge in [0.15, 0.2) is 9.84 Å². The number of halogens is 3. The van der Waals surface area contributed by atoms with Crippen LogP contribution in [0.5, 0.6) is 0 Å². The monoisotopic (exact) mass is 368 g/mol. The van der Waals surface area contributed by atoms with E-state index in [1.165, 1.54) is 12.1 Å². The van der Waals surface area contributed by atoms with Crippen LogP contribution in [0.1, 0.15) is 12.0 Å². The molecule has 0 N–H and O–H groups in total. The lowest BCUT2D eigenvalue weighted by Crippen LogP contribution is -2.20. The van der Waals surface area contributed by atoms with Crippen molar-refractivity contribution >= 4 is 37.4 Å². The van der Waals surface area contributed by atoms with Crippen LogP contribution in [0.3, 0.4) is 0 Å². The van der Waals surface area contributed by atoms with Crippen molar-refractivity contribution in [1.29, 1.82) is 0 Å². The molecule has 1 aliphatic rings. The van der Waals surface area contributed by atoms with Crippen LogP contribution in [0.15, 0.2) is 22.7 Å². The Balaban J connectivity index is 2.11. The Morgan fingerprint density at radius 1 is 1.47 bits per heavy atom. The van der Waals surface area contributed by atoms with Crippen molar-refractivity contribution in [2.45, 2.75) is 12.8 Å². The summed E-state index contributed by atoms with van der Waals surface area (Å²) in [5.41, 5.74) is 0.969. The lowest BCUT2D eigenvalue weighted by molar-refractivity contribution is 0.397. The van der Waals surface area contributed by atoms with Crippen LogP contribution in [-0.2, 0) is 16.3 Å². The second-order valence-electron chi connectivity index (χ2n) is 5.02. The first-order valence-electron chi connectivity index (χ1n) is 6.11. The smallest absolute Gasteiger partial charge is 0.150 e. The van der Waals surface area contributed by atoms with Gasteiger partial charge in [-0.25, -0.2) is 12.8 Å². The molecule has 0 spiro atoms. The van der Waals surface area contributed by atoms with Gasteiger partial charge >= 0.3 is 0 Å². The van der Waals surface area contributed by atoms with Crippen LogP contribution in [-0.4, -0.2) is 25.8 Å². The maximum atomic E-state index is 13.0. The van der Waals surface area contributed by atoms with Gasteiger partial charge in [0.2, 0.25) is 0 Å². The van der Waals surface area contributed by atoms with Crippen LogP contribution in [0.25, 0.3) is 0 Å². The molecule has 1 aromatic rings. The summed E-state index contributed by atoms with van der Waals surface area (Å²) in [6, 6.07) is 4.56. The molecule has 1 fully saturated rings. The van der Waals surface area contributed by atoms with Gasteiger partial charge in [-0.1, -0.05) is 22.0 Å². The average Bonchev–Trinajstić information content (AvgIpc) is 2.69. The Morgan fingerprint density at radius 2 is 2.21 bits per heavy atom. The normalized spacial score (nSPS) is 23.4. The van der Waals surface area contributed by atoms with Crippen molar-refractivity contribution in [3.8, 4) is 0 Å². The number of sulfone groups is 1. The second-order valence-corrected chi connectivity index (χ2v) is 8.41. The predicted octanol–water partition coefficient (Wildman–Crippen LogP) is 3.42. The molecule has 6 heteroatoms. The molecule has 0 saturated carbocycles. The van der Waals surface area contributed by atoms with Gasteiger partial charge in [0.1, 0.15) is 5.82 Å². The van der Waals surface area contributed by atoms with Crippen LogP contribution < -0.4 is 0 Å². The number of alkyl halides is 1. The summed E-state index contributed by atoms with van der Waals surface area (Å²) < 4.78 is 36.8. The second kappa shape index (κ2) is 6.10. The van der Waals surface area contributed by atoms with Gasteiger partial charge in [0.05, 0.1) is 11.5 Å². The maximum Gasteiger partial charge on any atom is 0.150 e. The molecule has 2 rings (SSSR count). The molecule has 0 radical (unpaired) electrons. The zero-order chi connectivity index (χ0) is 14.0. The van der Waals surface area contributed by atoms with Gasteiger partial charge in [-0.15, -0.1) is 11.6 Å². The minimum Gasteiger partial charge on any atom is -0.229 e. The molecule has 2 atom stereocenters. The molecule has 2 nitrogen and oxygen atoms in total. The quantitative estimate of drug-likeness (QED) is 0.762.